The molecule has 1 fully saturated rings. The second-order valence-electron chi connectivity index (χ2n) is 4.30. The van der Waals surface area contributed by atoms with E-state index < -0.39 is 0 Å². The number of hydrogen-bond acceptors (Lipinski definition) is 3. The smallest absolute Gasteiger partial charge is 0.145 e. The van der Waals surface area contributed by atoms with Crippen molar-refractivity contribution < 1.29 is 4.79 Å². The number of nitrogens with zero attached hydrogens (tertiary/aromatic N) is 1. The Hall–Kier alpha value is -0.0200. The molecule has 0 saturated heterocycles. The summed E-state index contributed by atoms with van der Waals surface area (Å²) in [6.45, 7) is 1.07. The summed E-state index contributed by atoms with van der Waals surface area (Å²) in [5, 5.41) is 0. The monoisotopic (exact) mass is 215 g/mol. The molecule has 0 radical (unpaired) electrons. The van der Waals surface area contributed by atoms with Crippen molar-refractivity contribution in [2.45, 2.75) is 25.7 Å². The molecular weight excluding hydrogens is 194 g/mol. The first-order valence-electron chi connectivity index (χ1n) is 5.45. The Bertz CT molecular complexity index is 176. The van der Waals surface area contributed by atoms with Gasteiger partial charge in [0.1, 0.15) is 5.78 Å². The number of thioether (sulfide) groups is 1. The van der Waals surface area contributed by atoms with Crippen molar-refractivity contribution in [1.29, 1.82) is 0 Å². The fourth-order valence-corrected chi connectivity index (χ4v) is 2.86. The van der Waals surface area contributed by atoms with Crippen LogP contribution < -0.4 is 0 Å². The Labute approximate surface area is 91.4 Å². The van der Waals surface area contributed by atoms with E-state index in [4.69, 9.17) is 0 Å². The molecule has 3 heteroatoms. The van der Waals surface area contributed by atoms with Crippen LogP contribution in [0.4, 0.5) is 0 Å². The molecule has 0 atom stereocenters. The Balaban J connectivity index is 2.03. The lowest BCUT2D eigenvalue weighted by molar-refractivity contribution is -0.120. The van der Waals surface area contributed by atoms with Gasteiger partial charge in [0.05, 0.1) is 5.75 Å². The lowest BCUT2D eigenvalue weighted by Crippen LogP contribution is -2.17. The van der Waals surface area contributed by atoms with Crippen LogP contribution in [0.5, 0.6) is 0 Å². The summed E-state index contributed by atoms with van der Waals surface area (Å²) >= 11 is 1.79. The van der Waals surface area contributed by atoms with Gasteiger partial charge < -0.3 is 4.90 Å². The first kappa shape index (κ1) is 12.1. The van der Waals surface area contributed by atoms with Gasteiger partial charge >= 0.3 is 0 Å². The predicted molar refractivity (Wildman–Crippen MR) is 62.8 cm³/mol. The van der Waals surface area contributed by atoms with Crippen LogP contribution in [0.15, 0.2) is 0 Å². The highest BCUT2D eigenvalue weighted by atomic mass is 32.2. The lowest BCUT2D eigenvalue weighted by Gasteiger charge is -2.10. The SMILES string of the molecule is CN(C)CCSCC(=O)C1CCCC1. The molecule has 0 amide bonds. The zero-order valence-corrected chi connectivity index (χ0v) is 10.1. The maximum absolute atomic E-state index is 11.7. The molecule has 0 aliphatic heterocycles. The van der Waals surface area contributed by atoms with E-state index in [1.54, 1.807) is 11.8 Å². The van der Waals surface area contributed by atoms with Gasteiger partial charge in [0.2, 0.25) is 0 Å². The molecule has 0 bridgehead atoms. The third kappa shape index (κ3) is 4.47. The lowest BCUT2D eigenvalue weighted by atomic mass is 10.0. The molecule has 0 spiro atoms. The third-order valence-electron chi connectivity index (χ3n) is 2.74. The van der Waals surface area contributed by atoms with Crippen LogP contribution in [-0.2, 0) is 4.79 Å². The van der Waals surface area contributed by atoms with E-state index in [-0.39, 0.29) is 0 Å². The van der Waals surface area contributed by atoms with Gasteiger partial charge in [-0.25, -0.2) is 0 Å². The fourth-order valence-electron chi connectivity index (χ4n) is 1.79. The average Bonchev–Trinajstić information content (AvgIpc) is 2.64. The minimum absolute atomic E-state index is 0.404. The Morgan fingerprint density at radius 2 is 2.00 bits per heavy atom. The van der Waals surface area contributed by atoms with E-state index in [1.807, 2.05) is 0 Å². The molecule has 0 heterocycles. The van der Waals surface area contributed by atoms with Crippen LogP contribution in [0.2, 0.25) is 0 Å². The number of hydrogen-bond donors (Lipinski definition) is 0. The summed E-state index contributed by atoms with van der Waals surface area (Å²) in [6, 6.07) is 0. The molecule has 1 aliphatic rings. The maximum atomic E-state index is 11.7. The number of ketones is 1. The van der Waals surface area contributed by atoms with Crippen LogP contribution >= 0.6 is 11.8 Å². The van der Waals surface area contributed by atoms with Gasteiger partial charge in [-0.1, -0.05) is 12.8 Å². The van der Waals surface area contributed by atoms with Gasteiger partial charge in [0.25, 0.3) is 0 Å². The van der Waals surface area contributed by atoms with E-state index in [0.717, 1.165) is 30.9 Å². The zero-order valence-electron chi connectivity index (χ0n) is 9.29. The van der Waals surface area contributed by atoms with Crippen LogP contribution in [0, 0.1) is 5.92 Å². The summed E-state index contributed by atoms with van der Waals surface area (Å²) in [5.41, 5.74) is 0. The molecule has 1 rings (SSSR count). The molecule has 14 heavy (non-hydrogen) atoms. The van der Waals surface area contributed by atoms with Crippen LogP contribution in [0.1, 0.15) is 25.7 Å². The quantitative estimate of drug-likeness (QED) is 0.632. The highest BCUT2D eigenvalue weighted by Crippen LogP contribution is 2.26. The van der Waals surface area contributed by atoms with Crippen molar-refractivity contribution in [2.75, 3.05) is 32.1 Å². The largest absolute Gasteiger partial charge is 0.309 e. The van der Waals surface area contributed by atoms with Gasteiger partial charge in [0, 0.05) is 18.2 Å². The third-order valence-corrected chi connectivity index (χ3v) is 3.70. The van der Waals surface area contributed by atoms with Gasteiger partial charge in [-0.2, -0.15) is 11.8 Å². The summed E-state index contributed by atoms with van der Waals surface area (Å²) < 4.78 is 0. The second kappa shape index (κ2) is 6.46. The van der Waals surface area contributed by atoms with Gasteiger partial charge in [-0.3, -0.25) is 4.79 Å². The van der Waals surface area contributed by atoms with Crippen LogP contribution in [-0.4, -0.2) is 42.8 Å². The zero-order chi connectivity index (χ0) is 10.4. The molecule has 0 N–H and O–H groups in total. The second-order valence-corrected chi connectivity index (χ2v) is 5.41. The standard InChI is InChI=1S/C11H21NOS/c1-12(2)7-8-14-9-11(13)10-5-3-4-6-10/h10H,3-9H2,1-2H3. The van der Waals surface area contributed by atoms with E-state index >= 15 is 0 Å². The molecule has 0 aromatic carbocycles. The van der Waals surface area contributed by atoms with Gasteiger partial charge in [0.15, 0.2) is 0 Å². The minimum Gasteiger partial charge on any atom is -0.309 e. The molecule has 82 valence electrons. The van der Waals surface area contributed by atoms with Crippen molar-refractivity contribution >= 4 is 17.5 Å². The summed E-state index contributed by atoms with van der Waals surface area (Å²) in [5.74, 6) is 2.71. The van der Waals surface area contributed by atoms with Crippen molar-refractivity contribution in [2.24, 2.45) is 5.92 Å². The Kier molecular flexibility index (Phi) is 5.56. The van der Waals surface area contributed by atoms with Crippen molar-refractivity contribution in [3.8, 4) is 0 Å². The molecular formula is C11H21NOS. The minimum atomic E-state index is 0.404. The molecule has 0 unspecified atom stereocenters. The number of carbonyl (C=O) groups excluding carboxylic acids is 1. The number of carbonyl (C=O) groups is 1. The predicted octanol–water partition coefficient (Wildman–Crippen LogP) is 2.04. The summed E-state index contributed by atoms with van der Waals surface area (Å²) in [4.78, 5) is 13.8. The Morgan fingerprint density at radius 1 is 1.36 bits per heavy atom. The number of rotatable bonds is 6. The maximum Gasteiger partial charge on any atom is 0.145 e. The van der Waals surface area contributed by atoms with Gasteiger partial charge in [-0.15, -0.1) is 0 Å². The topological polar surface area (TPSA) is 20.3 Å². The fraction of sp³-hybridized carbons (Fsp3) is 0.909. The molecule has 0 aromatic heterocycles. The first-order valence-corrected chi connectivity index (χ1v) is 6.61. The normalized spacial score (nSPS) is 17.9. The van der Waals surface area contributed by atoms with Gasteiger partial charge in [-0.05, 0) is 26.9 Å². The molecule has 1 aliphatic carbocycles. The van der Waals surface area contributed by atoms with Crippen molar-refractivity contribution in [1.82, 2.24) is 4.90 Å². The highest BCUT2D eigenvalue weighted by Gasteiger charge is 2.21. The summed E-state index contributed by atoms with van der Waals surface area (Å²) in [7, 11) is 4.14. The van der Waals surface area contributed by atoms with Crippen molar-refractivity contribution in [3.63, 3.8) is 0 Å². The van der Waals surface area contributed by atoms with Crippen LogP contribution in [0.25, 0.3) is 0 Å². The van der Waals surface area contributed by atoms with E-state index in [9.17, 15) is 4.79 Å². The van der Waals surface area contributed by atoms with E-state index in [2.05, 4.69) is 19.0 Å². The average molecular weight is 215 g/mol. The number of Topliss-reactive ketones (excluding diaryl/α,β-unsaturated/α-hetero) is 1. The molecule has 2 nitrogen and oxygen atoms in total. The van der Waals surface area contributed by atoms with E-state index in [0.29, 0.717) is 11.7 Å². The Morgan fingerprint density at radius 3 is 2.57 bits per heavy atom. The van der Waals surface area contributed by atoms with Crippen molar-refractivity contribution in [3.05, 3.63) is 0 Å². The molecule has 0 aromatic rings. The summed E-state index contributed by atoms with van der Waals surface area (Å²) in [6.07, 6.45) is 4.82. The first-order chi connectivity index (χ1) is 6.70. The molecule has 1 saturated carbocycles. The highest BCUT2D eigenvalue weighted by molar-refractivity contribution is 7.99. The van der Waals surface area contributed by atoms with E-state index in [1.165, 1.54) is 12.8 Å². The van der Waals surface area contributed by atoms with Crippen LogP contribution in [0.3, 0.4) is 0 Å².